The van der Waals surface area contributed by atoms with Gasteiger partial charge in [0.2, 0.25) is 5.88 Å². The van der Waals surface area contributed by atoms with Crippen molar-refractivity contribution in [2.75, 3.05) is 6.61 Å². The van der Waals surface area contributed by atoms with E-state index in [1.54, 1.807) is 0 Å². The first-order chi connectivity index (χ1) is 9.62. The van der Waals surface area contributed by atoms with Crippen molar-refractivity contribution >= 4 is 8.32 Å². The third kappa shape index (κ3) is 3.34. The van der Waals surface area contributed by atoms with Gasteiger partial charge in [0.05, 0.1) is 6.20 Å². The van der Waals surface area contributed by atoms with E-state index in [0.717, 1.165) is 12.6 Å². The third-order valence-corrected chi connectivity index (χ3v) is 8.56. The summed E-state index contributed by atoms with van der Waals surface area (Å²) in [5.41, 5.74) is -0.531. The average molecular weight is 314 g/mol. The van der Waals surface area contributed by atoms with Gasteiger partial charge in [-0.2, -0.15) is 9.37 Å². The number of halogens is 1. The molecule has 0 aliphatic carbocycles. The van der Waals surface area contributed by atoms with E-state index in [9.17, 15) is 9.18 Å². The summed E-state index contributed by atoms with van der Waals surface area (Å²) in [5, 5.41) is -0.0927. The molecule has 1 aliphatic rings. The molecular formula is C14H23FN2O3Si. The van der Waals surface area contributed by atoms with E-state index in [-0.39, 0.29) is 10.9 Å². The van der Waals surface area contributed by atoms with Crippen molar-refractivity contribution in [2.45, 2.75) is 58.0 Å². The van der Waals surface area contributed by atoms with E-state index >= 15 is 0 Å². The Balaban J connectivity index is 2.31. The highest BCUT2D eigenvalue weighted by Gasteiger charge is 2.40. The smallest absolute Gasteiger partial charge is 0.353 e. The minimum Gasteiger partial charge on any atom is -0.528 e. The molecule has 1 aromatic rings. The Morgan fingerprint density at radius 1 is 1.48 bits per heavy atom. The van der Waals surface area contributed by atoms with Crippen molar-refractivity contribution in [2.24, 2.45) is 0 Å². The van der Waals surface area contributed by atoms with Crippen LogP contribution in [-0.4, -0.2) is 24.5 Å². The van der Waals surface area contributed by atoms with Gasteiger partial charge in [-0.3, -0.25) is 4.57 Å². The van der Waals surface area contributed by atoms with E-state index in [2.05, 4.69) is 4.98 Å². The predicted molar refractivity (Wildman–Crippen MR) is 80.5 cm³/mol. The zero-order valence-corrected chi connectivity index (χ0v) is 14.3. The number of aromatic nitrogens is 2. The molecule has 21 heavy (non-hydrogen) atoms. The Labute approximate surface area is 125 Å². The van der Waals surface area contributed by atoms with Crippen LogP contribution in [0.25, 0.3) is 0 Å². The molecule has 1 aliphatic heterocycles. The summed E-state index contributed by atoms with van der Waals surface area (Å²) >= 11 is 0. The van der Waals surface area contributed by atoms with Crippen LogP contribution in [0, 0.1) is 5.82 Å². The summed E-state index contributed by atoms with van der Waals surface area (Å²) in [5.74, 6) is -0.809. The van der Waals surface area contributed by atoms with Gasteiger partial charge >= 0.3 is 5.69 Å². The van der Waals surface area contributed by atoms with Crippen LogP contribution in [0.1, 0.15) is 39.8 Å². The van der Waals surface area contributed by atoms with E-state index < -0.39 is 26.1 Å². The minimum atomic E-state index is -2.23. The van der Waals surface area contributed by atoms with E-state index in [1.807, 2.05) is 33.9 Å². The van der Waals surface area contributed by atoms with Crippen molar-refractivity contribution in [3.8, 4) is 5.88 Å². The molecule has 1 saturated heterocycles. The monoisotopic (exact) mass is 314 g/mol. The number of rotatable bonds is 3. The van der Waals surface area contributed by atoms with Crippen molar-refractivity contribution in [1.82, 2.24) is 9.55 Å². The minimum absolute atomic E-state index is 0.0927. The van der Waals surface area contributed by atoms with Crippen LogP contribution in [0.4, 0.5) is 4.39 Å². The van der Waals surface area contributed by atoms with Gasteiger partial charge in [-0.25, -0.2) is 4.79 Å². The summed E-state index contributed by atoms with van der Waals surface area (Å²) in [7, 11) is -2.23. The van der Waals surface area contributed by atoms with Gasteiger partial charge in [-0.1, -0.05) is 20.8 Å². The zero-order chi connectivity index (χ0) is 15.8. The molecule has 0 N–H and O–H groups in total. The van der Waals surface area contributed by atoms with Crippen molar-refractivity contribution in [1.29, 1.82) is 0 Å². The quantitative estimate of drug-likeness (QED) is 0.805. The molecule has 1 fully saturated rings. The van der Waals surface area contributed by atoms with Crippen LogP contribution in [0.15, 0.2) is 11.0 Å². The number of hydrogen-bond donors (Lipinski definition) is 0. The van der Waals surface area contributed by atoms with Crippen LogP contribution in [0.5, 0.6) is 5.88 Å². The van der Waals surface area contributed by atoms with Gasteiger partial charge in [0.1, 0.15) is 6.23 Å². The highest BCUT2D eigenvalue weighted by molar-refractivity contribution is 6.74. The fraction of sp³-hybridized carbons (Fsp3) is 0.714. The first kappa shape index (κ1) is 16.2. The topological polar surface area (TPSA) is 53.3 Å². The second-order valence-corrected chi connectivity index (χ2v) is 11.6. The van der Waals surface area contributed by atoms with E-state index in [1.165, 1.54) is 4.57 Å². The Hall–Kier alpha value is -1.21. The van der Waals surface area contributed by atoms with Gasteiger partial charge in [-0.15, -0.1) is 0 Å². The van der Waals surface area contributed by atoms with Gasteiger partial charge in [-0.05, 0) is 31.0 Å². The molecule has 0 aromatic carbocycles. The fourth-order valence-electron chi connectivity index (χ4n) is 1.88. The summed E-state index contributed by atoms with van der Waals surface area (Å²) in [6.07, 6.45) is 2.29. The van der Waals surface area contributed by atoms with Crippen molar-refractivity contribution < 1.29 is 13.6 Å². The third-order valence-electron chi connectivity index (χ3n) is 4.25. The Morgan fingerprint density at radius 3 is 2.67 bits per heavy atom. The average Bonchev–Trinajstić information content (AvgIpc) is 2.85. The molecule has 118 valence electrons. The maximum absolute atomic E-state index is 14.2. The molecule has 7 heteroatoms. The van der Waals surface area contributed by atoms with Crippen LogP contribution in [-0.2, 0) is 4.74 Å². The molecule has 0 radical (unpaired) electrons. The van der Waals surface area contributed by atoms with Crippen LogP contribution < -0.4 is 10.1 Å². The molecule has 2 rings (SSSR count). The first-order valence-electron chi connectivity index (χ1n) is 7.21. The fourth-order valence-corrected chi connectivity index (χ4v) is 2.82. The Morgan fingerprint density at radius 2 is 2.14 bits per heavy atom. The molecule has 0 spiro atoms. The van der Waals surface area contributed by atoms with Gasteiger partial charge in [0.15, 0.2) is 5.82 Å². The summed E-state index contributed by atoms with van der Waals surface area (Å²) < 4.78 is 26.6. The van der Waals surface area contributed by atoms with Crippen molar-refractivity contribution in [3.63, 3.8) is 0 Å². The lowest BCUT2D eigenvalue weighted by Gasteiger charge is -2.35. The normalized spacial score (nSPS) is 19.8. The largest absolute Gasteiger partial charge is 0.528 e. The second-order valence-electron chi connectivity index (χ2n) is 6.91. The number of ether oxygens (including phenoxy) is 1. The lowest BCUT2D eigenvalue weighted by atomic mass is 10.2. The molecule has 1 atom stereocenters. The van der Waals surface area contributed by atoms with E-state index in [4.69, 9.17) is 9.16 Å². The van der Waals surface area contributed by atoms with E-state index in [0.29, 0.717) is 13.0 Å². The second kappa shape index (κ2) is 5.53. The number of hydrogen-bond acceptors (Lipinski definition) is 4. The summed E-state index contributed by atoms with van der Waals surface area (Å²) in [6.45, 7) is 10.7. The maximum atomic E-state index is 14.2. The maximum Gasteiger partial charge on any atom is 0.353 e. The summed E-state index contributed by atoms with van der Waals surface area (Å²) in [6, 6.07) is 0. The molecule has 0 saturated carbocycles. The predicted octanol–water partition coefficient (Wildman–Crippen LogP) is 3.08. The van der Waals surface area contributed by atoms with Gasteiger partial charge in [0.25, 0.3) is 8.32 Å². The SMILES string of the molecule is CC(C)(C)[Si](C)(C)Oc1nc(=O)n(C2CCCO2)cc1F. The molecule has 2 heterocycles. The lowest BCUT2D eigenvalue weighted by molar-refractivity contribution is 0.0516. The molecule has 1 aromatic heterocycles. The highest BCUT2D eigenvalue weighted by Crippen LogP contribution is 2.37. The van der Waals surface area contributed by atoms with Crippen LogP contribution >= 0.6 is 0 Å². The standard InChI is InChI=1S/C14H23FN2O3Si/c1-14(2,3)21(4,5)20-12-10(15)9-17(13(18)16-12)11-7-6-8-19-11/h9,11H,6-8H2,1-5H3. The molecule has 0 bridgehead atoms. The van der Waals surface area contributed by atoms with Crippen LogP contribution in [0.2, 0.25) is 18.1 Å². The molecule has 0 amide bonds. The van der Waals surface area contributed by atoms with Gasteiger partial charge in [0, 0.05) is 6.61 Å². The number of nitrogens with zero attached hydrogens (tertiary/aromatic N) is 2. The Bertz CT molecular complexity index is 575. The van der Waals surface area contributed by atoms with Crippen LogP contribution in [0.3, 0.4) is 0 Å². The molecule has 1 unspecified atom stereocenters. The van der Waals surface area contributed by atoms with Gasteiger partial charge < -0.3 is 9.16 Å². The van der Waals surface area contributed by atoms with Crippen molar-refractivity contribution in [3.05, 3.63) is 22.5 Å². The molecule has 5 nitrogen and oxygen atoms in total. The lowest BCUT2D eigenvalue weighted by Crippen LogP contribution is -2.45. The zero-order valence-electron chi connectivity index (χ0n) is 13.3. The molecular weight excluding hydrogens is 291 g/mol. The Kier molecular flexibility index (Phi) is 4.26. The highest BCUT2D eigenvalue weighted by atomic mass is 28.4. The first-order valence-corrected chi connectivity index (χ1v) is 10.1. The summed E-state index contributed by atoms with van der Waals surface area (Å²) in [4.78, 5) is 15.8.